The number of ketones is 1. The fourth-order valence-electron chi connectivity index (χ4n) is 6.93. The summed E-state index contributed by atoms with van der Waals surface area (Å²) in [5, 5.41) is 19.5. The zero-order valence-corrected chi connectivity index (χ0v) is 18.5. The predicted molar refractivity (Wildman–Crippen MR) is 115 cm³/mol. The van der Waals surface area contributed by atoms with Crippen LogP contribution in [0, 0.1) is 29.0 Å². The molecular formula is C25H32FNO5. The second-order valence-electron chi connectivity index (χ2n) is 11.0. The van der Waals surface area contributed by atoms with Gasteiger partial charge in [0.05, 0.1) is 18.3 Å². The van der Waals surface area contributed by atoms with E-state index in [1.54, 1.807) is 6.07 Å². The Morgan fingerprint density at radius 1 is 1.19 bits per heavy atom. The largest absolute Gasteiger partial charge is 0.490 e. The van der Waals surface area contributed by atoms with Gasteiger partial charge >= 0.3 is 5.97 Å². The van der Waals surface area contributed by atoms with Gasteiger partial charge in [0.25, 0.3) is 0 Å². The Morgan fingerprint density at radius 3 is 2.22 bits per heavy atom. The summed E-state index contributed by atoms with van der Waals surface area (Å²) >= 11 is 0. The summed E-state index contributed by atoms with van der Waals surface area (Å²) in [6.07, 6.45) is 7.41. The molecule has 6 rings (SSSR count). The molecule has 6 nitrogen and oxygen atoms in total. The van der Waals surface area contributed by atoms with Gasteiger partial charge in [0.2, 0.25) is 5.54 Å². The van der Waals surface area contributed by atoms with Crippen LogP contribution in [0.5, 0.6) is 5.75 Å². The lowest BCUT2D eigenvalue weighted by atomic mass is 9.50. The Kier molecular flexibility index (Phi) is 5.13. The number of aliphatic hydroxyl groups excluding tert-OH is 1. The van der Waals surface area contributed by atoms with Crippen molar-refractivity contribution in [3.63, 3.8) is 0 Å². The third-order valence-electron chi connectivity index (χ3n) is 8.44. The Bertz CT molecular complexity index is 921. The maximum Gasteiger partial charge on any atom is 0.334 e. The summed E-state index contributed by atoms with van der Waals surface area (Å²) in [6, 6.07) is 3.05. The summed E-state index contributed by atoms with van der Waals surface area (Å²) in [5.41, 5.74) is 3.58. The van der Waals surface area contributed by atoms with Gasteiger partial charge in [-0.05, 0) is 99.7 Å². The average molecular weight is 446 g/mol. The smallest absolute Gasteiger partial charge is 0.334 e. The third kappa shape index (κ3) is 3.54. The number of carbonyl (C=O) groups is 2. The number of carboxylic acid groups (broad SMARTS) is 1. The van der Waals surface area contributed by atoms with Crippen molar-refractivity contribution in [2.45, 2.75) is 75.9 Å². The van der Waals surface area contributed by atoms with Crippen LogP contribution in [0.2, 0.25) is 0 Å². The number of carboxylic acids is 1. The summed E-state index contributed by atoms with van der Waals surface area (Å²) < 4.78 is 21.6. The number of nitrogens with two attached hydrogens (primary N) is 1. The molecule has 2 atom stereocenters. The monoisotopic (exact) mass is 445 g/mol. The molecule has 1 aromatic rings. The quantitative estimate of drug-likeness (QED) is 0.416. The van der Waals surface area contributed by atoms with Gasteiger partial charge in [-0.3, -0.25) is 4.79 Å². The van der Waals surface area contributed by atoms with Gasteiger partial charge in [-0.25, -0.2) is 9.18 Å². The lowest BCUT2D eigenvalue weighted by Gasteiger charge is -2.56. The molecule has 5 saturated carbocycles. The zero-order chi connectivity index (χ0) is 22.8. The summed E-state index contributed by atoms with van der Waals surface area (Å²) in [5.74, 6) is -1.30. The van der Waals surface area contributed by atoms with Crippen molar-refractivity contribution in [2.75, 3.05) is 6.61 Å². The van der Waals surface area contributed by atoms with Crippen molar-refractivity contribution in [3.8, 4) is 5.75 Å². The van der Waals surface area contributed by atoms with Crippen LogP contribution in [0.25, 0.3) is 0 Å². The van der Waals surface area contributed by atoms with Crippen molar-refractivity contribution >= 4 is 11.8 Å². The molecule has 1 aromatic carbocycles. The Labute approximate surface area is 187 Å². The van der Waals surface area contributed by atoms with Crippen LogP contribution >= 0.6 is 0 Å². The lowest BCUT2D eigenvalue weighted by molar-refractivity contribution is -0.144. The number of Topliss-reactive ketones (excluding diaryl/α,β-unsaturated/α-hetero) is 1. The van der Waals surface area contributed by atoms with E-state index in [4.69, 9.17) is 10.5 Å². The van der Waals surface area contributed by atoms with Gasteiger partial charge in [0, 0.05) is 5.41 Å². The number of rotatable bonds is 8. The number of aliphatic carboxylic acids is 1. The van der Waals surface area contributed by atoms with E-state index in [1.807, 2.05) is 0 Å². The Hall–Kier alpha value is -1.99. The molecule has 7 heteroatoms. The van der Waals surface area contributed by atoms with Gasteiger partial charge < -0.3 is 20.7 Å². The molecule has 0 aliphatic heterocycles. The molecule has 5 fully saturated rings. The van der Waals surface area contributed by atoms with E-state index in [1.165, 1.54) is 25.3 Å². The Balaban J connectivity index is 1.45. The maximum atomic E-state index is 15.5. The summed E-state index contributed by atoms with van der Waals surface area (Å²) in [7, 11) is 0. The Morgan fingerprint density at radius 2 is 1.75 bits per heavy atom. The van der Waals surface area contributed by atoms with E-state index >= 15 is 4.39 Å². The van der Waals surface area contributed by atoms with Gasteiger partial charge in [-0.1, -0.05) is 0 Å². The number of benzene rings is 1. The highest BCUT2D eigenvalue weighted by Gasteiger charge is 2.52. The molecule has 174 valence electrons. The summed E-state index contributed by atoms with van der Waals surface area (Å²) in [4.78, 5) is 24.8. The highest BCUT2D eigenvalue weighted by molar-refractivity contribution is 6.16. The number of ether oxygens (including phenoxy) is 1. The van der Waals surface area contributed by atoms with E-state index < -0.39 is 34.8 Å². The zero-order valence-electron chi connectivity index (χ0n) is 18.5. The van der Waals surface area contributed by atoms with Gasteiger partial charge in [-0.2, -0.15) is 0 Å². The first-order chi connectivity index (χ1) is 15.1. The number of hydrogen-bond donors (Lipinski definition) is 3. The molecule has 0 unspecified atom stereocenters. The van der Waals surface area contributed by atoms with Crippen molar-refractivity contribution in [1.82, 2.24) is 0 Å². The van der Waals surface area contributed by atoms with Crippen molar-refractivity contribution in [2.24, 2.45) is 28.9 Å². The summed E-state index contributed by atoms with van der Waals surface area (Å²) in [6.45, 7) is 1.54. The second kappa shape index (κ2) is 7.52. The number of carbonyl (C=O) groups excluding carboxylic acids is 1. The van der Waals surface area contributed by atoms with E-state index in [0.29, 0.717) is 6.61 Å². The molecule has 5 aliphatic carbocycles. The van der Waals surface area contributed by atoms with E-state index in [0.717, 1.165) is 62.3 Å². The van der Waals surface area contributed by atoms with Crippen LogP contribution in [-0.2, 0) is 4.79 Å². The van der Waals surface area contributed by atoms with E-state index in [-0.39, 0.29) is 17.1 Å². The SMILES string of the molecule is C[C@@H](O)[C@](N)(C(=O)O)C(=O)c1cc(C2CC2)cc(OCC23CC4CC(CC(C4)C2)C3)c1F. The van der Waals surface area contributed by atoms with Crippen LogP contribution < -0.4 is 10.5 Å². The molecule has 5 aliphatic rings. The highest BCUT2D eigenvalue weighted by Crippen LogP contribution is 2.60. The average Bonchev–Trinajstić information content (AvgIpc) is 3.56. The van der Waals surface area contributed by atoms with Crippen molar-refractivity contribution in [3.05, 3.63) is 29.1 Å². The normalized spacial score (nSPS) is 33.6. The minimum Gasteiger partial charge on any atom is -0.490 e. The minimum atomic E-state index is -2.62. The molecule has 0 amide bonds. The van der Waals surface area contributed by atoms with Crippen molar-refractivity contribution in [1.29, 1.82) is 0 Å². The van der Waals surface area contributed by atoms with Gasteiger partial charge in [0.15, 0.2) is 17.3 Å². The molecule has 4 bridgehead atoms. The van der Waals surface area contributed by atoms with Crippen LogP contribution in [0.15, 0.2) is 12.1 Å². The second-order valence-corrected chi connectivity index (χ2v) is 11.0. The minimum absolute atomic E-state index is 0.00757. The number of aliphatic hydroxyl groups is 1. The first kappa shape index (κ1) is 21.8. The topological polar surface area (TPSA) is 110 Å². The molecule has 0 heterocycles. The predicted octanol–water partition coefficient (Wildman–Crippen LogP) is 3.64. The first-order valence-corrected chi connectivity index (χ1v) is 11.8. The third-order valence-corrected chi connectivity index (χ3v) is 8.44. The van der Waals surface area contributed by atoms with E-state index in [2.05, 4.69) is 0 Å². The van der Waals surface area contributed by atoms with E-state index in [9.17, 15) is 19.8 Å². The number of halogens is 1. The van der Waals surface area contributed by atoms with Crippen LogP contribution in [-0.4, -0.2) is 40.2 Å². The van der Waals surface area contributed by atoms with Crippen molar-refractivity contribution < 1.29 is 28.9 Å². The van der Waals surface area contributed by atoms with Crippen LogP contribution in [0.3, 0.4) is 0 Å². The highest BCUT2D eigenvalue weighted by atomic mass is 19.1. The molecule has 0 saturated heterocycles. The first-order valence-electron chi connectivity index (χ1n) is 11.8. The molecule has 0 aromatic heterocycles. The molecule has 32 heavy (non-hydrogen) atoms. The molecule has 4 N–H and O–H groups in total. The molecule has 0 spiro atoms. The van der Waals surface area contributed by atoms with Gasteiger partial charge in [-0.15, -0.1) is 0 Å². The lowest BCUT2D eigenvalue weighted by Crippen LogP contribution is -2.62. The maximum absolute atomic E-state index is 15.5. The number of hydrogen-bond acceptors (Lipinski definition) is 5. The van der Waals surface area contributed by atoms with Crippen LogP contribution in [0.1, 0.15) is 80.1 Å². The fourth-order valence-corrected chi connectivity index (χ4v) is 6.93. The fraction of sp³-hybridized carbons (Fsp3) is 0.680. The molecular weight excluding hydrogens is 413 g/mol. The van der Waals surface area contributed by atoms with Gasteiger partial charge in [0.1, 0.15) is 0 Å². The molecule has 0 radical (unpaired) electrons. The van der Waals surface area contributed by atoms with Crippen LogP contribution in [0.4, 0.5) is 4.39 Å². The standard InChI is InChI=1S/C25H32FNO5/c1-13(28)25(27,23(30)31)22(29)19-7-18(17-2-3-17)8-20(21(19)26)32-12-24-9-14-4-15(10-24)6-16(5-14)11-24/h7-8,13-17,28H,2-6,9-12,27H2,1H3,(H,30,31)/t13-,14?,15?,16?,24?,25-/m1/s1.